The summed E-state index contributed by atoms with van der Waals surface area (Å²) >= 11 is 0. The number of hydrogen-bond acceptors (Lipinski definition) is 4. The highest BCUT2D eigenvalue weighted by molar-refractivity contribution is 5.84. The lowest BCUT2D eigenvalue weighted by molar-refractivity contribution is 0.0657. The molecule has 0 saturated heterocycles. The van der Waals surface area contributed by atoms with E-state index in [1.165, 1.54) is 6.07 Å². The first-order valence-electron chi connectivity index (χ1n) is 5.24. The Kier molecular flexibility index (Phi) is 4.52. The van der Waals surface area contributed by atoms with Gasteiger partial charge in [-0.15, -0.1) is 0 Å². The number of carbonyl (C=O) groups is 1. The van der Waals surface area contributed by atoms with Crippen molar-refractivity contribution in [2.75, 3.05) is 27.2 Å². The first-order chi connectivity index (χ1) is 7.56. The molecule has 5 nitrogen and oxygen atoms in total. The molecule has 16 heavy (non-hydrogen) atoms. The van der Waals surface area contributed by atoms with Crippen LogP contribution in [0.3, 0.4) is 0 Å². The van der Waals surface area contributed by atoms with Crippen molar-refractivity contribution in [2.45, 2.75) is 13.0 Å². The van der Waals surface area contributed by atoms with Crippen LogP contribution in [0, 0.1) is 0 Å². The molecule has 1 heterocycles. The van der Waals surface area contributed by atoms with Gasteiger partial charge in [-0.25, -0.2) is 4.79 Å². The molecule has 0 saturated carbocycles. The second-order valence-corrected chi connectivity index (χ2v) is 3.77. The van der Waals surface area contributed by atoms with Crippen molar-refractivity contribution < 1.29 is 14.3 Å². The van der Waals surface area contributed by atoms with E-state index in [-0.39, 0.29) is 11.8 Å². The summed E-state index contributed by atoms with van der Waals surface area (Å²) in [7, 11) is 3.87. The Balaban J connectivity index is 2.64. The van der Waals surface area contributed by atoms with E-state index in [9.17, 15) is 4.79 Å². The minimum Gasteiger partial charge on any atom is -0.475 e. The first kappa shape index (κ1) is 12.7. The summed E-state index contributed by atoms with van der Waals surface area (Å²) in [5.74, 6) is -0.365. The fourth-order valence-corrected chi connectivity index (χ4v) is 1.39. The summed E-state index contributed by atoms with van der Waals surface area (Å²) in [4.78, 5) is 12.8. The molecule has 90 valence electrons. The zero-order chi connectivity index (χ0) is 12.1. The van der Waals surface area contributed by atoms with Crippen LogP contribution in [0.1, 0.15) is 29.3 Å². The van der Waals surface area contributed by atoms with Crippen LogP contribution in [0.4, 0.5) is 0 Å². The topological polar surface area (TPSA) is 65.7 Å². The van der Waals surface area contributed by atoms with Gasteiger partial charge in [0.05, 0.1) is 6.04 Å². The van der Waals surface area contributed by atoms with E-state index >= 15 is 0 Å². The van der Waals surface area contributed by atoms with Gasteiger partial charge < -0.3 is 14.8 Å². The summed E-state index contributed by atoms with van der Waals surface area (Å²) in [6.45, 7) is 3.74. The Hall–Kier alpha value is -1.33. The summed E-state index contributed by atoms with van der Waals surface area (Å²) in [5, 5.41) is 11.8. The van der Waals surface area contributed by atoms with Crippen molar-refractivity contribution in [3.63, 3.8) is 0 Å². The van der Waals surface area contributed by atoms with Crippen LogP contribution in [0.25, 0.3) is 0 Å². The van der Waals surface area contributed by atoms with Crippen LogP contribution in [0.5, 0.6) is 0 Å². The fraction of sp³-hybridized carbons (Fsp3) is 0.545. The van der Waals surface area contributed by atoms with Gasteiger partial charge in [-0.1, -0.05) is 0 Å². The number of furan rings is 1. The second kappa shape index (κ2) is 5.67. The molecule has 0 aromatic carbocycles. The molecule has 1 unspecified atom stereocenters. The molecular formula is C11H18N2O3. The van der Waals surface area contributed by atoms with Crippen molar-refractivity contribution in [3.05, 3.63) is 23.7 Å². The molecule has 0 fully saturated rings. The lowest BCUT2D eigenvalue weighted by atomic mass is 10.2. The molecule has 0 radical (unpaired) electrons. The molecule has 0 amide bonds. The van der Waals surface area contributed by atoms with E-state index in [0.717, 1.165) is 13.1 Å². The third-order valence-corrected chi connectivity index (χ3v) is 2.62. The van der Waals surface area contributed by atoms with Gasteiger partial charge in [0.15, 0.2) is 0 Å². The maximum atomic E-state index is 10.7. The number of nitrogens with one attached hydrogen (secondary N) is 1. The minimum absolute atomic E-state index is 0.0103. The Bertz CT molecular complexity index is 349. The molecule has 1 atom stereocenters. The number of rotatable bonds is 6. The molecule has 2 N–H and O–H groups in total. The Morgan fingerprint density at radius 3 is 2.81 bits per heavy atom. The largest absolute Gasteiger partial charge is 0.475 e. The van der Waals surface area contributed by atoms with Gasteiger partial charge >= 0.3 is 5.97 Å². The zero-order valence-electron chi connectivity index (χ0n) is 9.86. The molecule has 0 aliphatic rings. The molecule has 0 aliphatic heterocycles. The predicted molar refractivity (Wildman–Crippen MR) is 60.6 cm³/mol. The third kappa shape index (κ3) is 3.08. The first-order valence-corrected chi connectivity index (χ1v) is 5.24. The Labute approximate surface area is 95.0 Å². The van der Waals surface area contributed by atoms with Crippen LogP contribution < -0.4 is 5.32 Å². The molecular weight excluding hydrogens is 208 g/mol. The van der Waals surface area contributed by atoms with Crippen molar-refractivity contribution >= 4 is 5.97 Å². The molecule has 5 heteroatoms. The van der Waals surface area contributed by atoms with Gasteiger partial charge in [0, 0.05) is 13.1 Å². The SMILES string of the molecule is CNCCN(C)C(C)c1ccc(C(=O)O)o1. The van der Waals surface area contributed by atoms with Gasteiger partial charge in [-0.3, -0.25) is 4.90 Å². The van der Waals surface area contributed by atoms with E-state index in [4.69, 9.17) is 9.52 Å². The number of aromatic carboxylic acids is 1. The van der Waals surface area contributed by atoms with E-state index in [0.29, 0.717) is 5.76 Å². The highest BCUT2D eigenvalue weighted by atomic mass is 16.4. The summed E-state index contributed by atoms with van der Waals surface area (Å²) in [6.07, 6.45) is 0. The molecule has 0 bridgehead atoms. The molecule has 1 aromatic heterocycles. The van der Waals surface area contributed by atoms with Crippen LogP contribution >= 0.6 is 0 Å². The van der Waals surface area contributed by atoms with Gasteiger partial charge in [-0.2, -0.15) is 0 Å². The zero-order valence-corrected chi connectivity index (χ0v) is 9.86. The number of nitrogens with zero attached hydrogens (tertiary/aromatic N) is 1. The predicted octanol–water partition coefficient (Wildman–Crippen LogP) is 1.19. The normalized spacial score (nSPS) is 13.0. The average molecular weight is 226 g/mol. The number of carboxylic acids is 1. The van der Waals surface area contributed by atoms with E-state index in [2.05, 4.69) is 10.2 Å². The fourth-order valence-electron chi connectivity index (χ4n) is 1.39. The van der Waals surface area contributed by atoms with Gasteiger partial charge in [0.25, 0.3) is 0 Å². The van der Waals surface area contributed by atoms with E-state index < -0.39 is 5.97 Å². The highest BCUT2D eigenvalue weighted by Crippen LogP contribution is 2.20. The number of likely N-dealkylation sites (N-methyl/N-ethyl adjacent to an activating group) is 2. The Morgan fingerprint density at radius 1 is 1.62 bits per heavy atom. The van der Waals surface area contributed by atoms with Crippen molar-refractivity contribution in [1.29, 1.82) is 0 Å². The summed E-state index contributed by atoms with van der Waals surface area (Å²) in [5.41, 5.74) is 0. The standard InChI is InChI=1S/C11H18N2O3/c1-8(13(3)7-6-12-2)9-4-5-10(16-9)11(14)15/h4-5,8,12H,6-7H2,1-3H3,(H,14,15). The Morgan fingerprint density at radius 2 is 2.31 bits per heavy atom. The van der Waals surface area contributed by atoms with Crippen LogP contribution in [0.2, 0.25) is 0 Å². The smallest absolute Gasteiger partial charge is 0.371 e. The third-order valence-electron chi connectivity index (χ3n) is 2.62. The number of hydrogen-bond donors (Lipinski definition) is 2. The molecule has 0 aliphatic carbocycles. The highest BCUT2D eigenvalue weighted by Gasteiger charge is 2.17. The van der Waals surface area contributed by atoms with Crippen LogP contribution in [-0.4, -0.2) is 43.2 Å². The monoisotopic (exact) mass is 226 g/mol. The lowest BCUT2D eigenvalue weighted by Crippen LogP contribution is -2.29. The molecule has 1 aromatic rings. The van der Waals surface area contributed by atoms with Crippen LogP contribution in [-0.2, 0) is 0 Å². The minimum atomic E-state index is -1.03. The molecule has 1 rings (SSSR count). The molecule has 0 spiro atoms. The maximum absolute atomic E-state index is 10.7. The summed E-state index contributed by atoms with van der Waals surface area (Å²) in [6, 6.07) is 3.27. The van der Waals surface area contributed by atoms with Gasteiger partial charge in [-0.05, 0) is 33.2 Å². The maximum Gasteiger partial charge on any atom is 0.371 e. The van der Waals surface area contributed by atoms with E-state index in [1.807, 2.05) is 21.0 Å². The quantitative estimate of drug-likeness (QED) is 0.762. The van der Waals surface area contributed by atoms with E-state index in [1.54, 1.807) is 6.07 Å². The number of carboxylic acid groups (broad SMARTS) is 1. The van der Waals surface area contributed by atoms with Crippen LogP contribution in [0.15, 0.2) is 16.5 Å². The van der Waals surface area contributed by atoms with Crippen molar-refractivity contribution in [3.8, 4) is 0 Å². The van der Waals surface area contributed by atoms with Gasteiger partial charge in [0.1, 0.15) is 5.76 Å². The lowest BCUT2D eigenvalue weighted by Gasteiger charge is -2.22. The average Bonchev–Trinajstić information content (AvgIpc) is 2.74. The summed E-state index contributed by atoms with van der Waals surface area (Å²) < 4.78 is 5.25. The van der Waals surface area contributed by atoms with Gasteiger partial charge in [0.2, 0.25) is 5.76 Å². The van der Waals surface area contributed by atoms with Crippen molar-refractivity contribution in [1.82, 2.24) is 10.2 Å². The van der Waals surface area contributed by atoms with Crippen molar-refractivity contribution in [2.24, 2.45) is 0 Å². The second-order valence-electron chi connectivity index (χ2n) is 3.77.